The van der Waals surface area contributed by atoms with Crippen LogP contribution in [0.1, 0.15) is 25.7 Å². The van der Waals surface area contributed by atoms with Gasteiger partial charge in [-0.05, 0) is 31.2 Å². The lowest BCUT2D eigenvalue weighted by atomic mass is 9.97. The molecule has 0 aromatic carbocycles. The highest BCUT2D eigenvalue weighted by Crippen LogP contribution is 2.30. The molecule has 1 saturated carbocycles. The molecule has 74 valence electrons. The summed E-state index contributed by atoms with van der Waals surface area (Å²) < 4.78 is 5.49. The third-order valence-electron chi connectivity index (χ3n) is 2.84. The molecule has 0 spiro atoms. The van der Waals surface area contributed by atoms with Crippen molar-refractivity contribution in [2.75, 3.05) is 19.8 Å². The zero-order valence-electron chi connectivity index (χ0n) is 8.17. The van der Waals surface area contributed by atoms with Gasteiger partial charge in [0.15, 0.2) is 0 Å². The largest absolute Gasteiger partial charge is 0.380 e. The van der Waals surface area contributed by atoms with Gasteiger partial charge >= 0.3 is 0 Å². The second-order valence-electron chi connectivity index (χ2n) is 3.72. The van der Waals surface area contributed by atoms with Gasteiger partial charge in [0.05, 0.1) is 6.61 Å². The maximum absolute atomic E-state index is 5.67. The lowest BCUT2D eigenvalue weighted by Gasteiger charge is -2.17. The molecule has 13 heavy (non-hydrogen) atoms. The normalized spacial score (nSPS) is 27.4. The second-order valence-corrected chi connectivity index (χ2v) is 3.72. The Morgan fingerprint density at radius 3 is 2.85 bits per heavy atom. The van der Waals surface area contributed by atoms with E-state index in [2.05, 4.69) is 5.92 Å². The molecule has 1 aliphatic carbocycles. The topological polar surface area (TPSA) is 35.2 Å². The first-order valence-corrected chi connectivity index (χ1v) is 5.09. The molecule has 1 fully saturated rings. The van der Waals surface area contributed by atoms with Gasteiger partial charge < -0.3 is 10.5 Å². The zero-order valence-corrected chi connectivity index (χ0v) is 8.17. The summed E-state index contributed by atoms with van der Waals surface area (Å²) in [6.45, 7) is 2.36. The van der Waals surface area contributed by atoms with Crippen molar-refractivity contribution in [1.82, 2.24) is 0 Å². The standard InChI is InChI=1S/C11H19NO/c1-2-3-7-13-9-11-6-4-5-10(11)8-12/h1,10-11H,3-9,12H2. The number of rotatable bonds is 5. The van der Waals surface area contributed by atoms with E-state index < -0.39 is 0 Å². The van der Waals surface area contributed by atoms with Gasteiger partial charge in [-0.1, -0.05) is 6.42 Å². The molecule has 2 heteroatoms. The summed E-state index contributed by atoms with van der Waals surface area (Å²) in [6.07, 6.45) is 9.71. The highest BCUT2D eigenvalue weighted by molar-refractivity contribution is 4.83. The van der Waals surface area contributed by atoms with E-state index in [0.29, 0.717) is 18.4 Å². The van der Waals surface area contributed by atoms with Crippen LogP contribution in [0.2, 0.25) is 0 Å². The Morgan fingerprint density at radius 1 is 1.38 bits per heavy atom. The fourth-order valence-corrected chi connectivity index (χ4v) is 2.01. The van der Waals surface area contributed by atoms with E-state index in [1.165, 1.54) is 19.3 Å². The summed E-state index contributed by atoms with van der Waals surface area (Å²) in [7, 11) is 0. The molecule has 0 saturated heterocycles. The summed E-state index contributed by atoms with van der Waals surface area (Å²) in [4.78, 5) is 0. The molecule has 0 amide bonds. The van der Waals surface area contributed by atoms with Gasteiger partial charge in [0.25, 0.3) is 0 Å². The van der Waals surface area contributed by atoms with Gasteiger partial charge in [-0.2, -0.15) is 0 Å². The molecule has 2 unspecified atom stereocenters. The van der Waals surface area contributed by atoms with Crippen molar-refractivity contribution >= 4 is 0 Å². The molecular weight excluding hydrogens is 162 g/mol. The maximum Gasteiger partial charge on any atom is 0.0575 e. The Hall–Kier alpha value is -0.520. The van der Waals surface area contributed by atoms with E-state index in [0.717, 1.165) is 19.6 Å². The first kappa shape index (κ1) is 10.6. The van der Waals surface area contributed by atoms with Crippen molar-refractivity contribution in [2.45, 2.75) is 25.7 Å². The number of nitrogens with two attached hydrogens (primary N) is 1. The van der Waals surface area contributed by atoms with Crippen LogP contribution in [0.25, 0.3) is 0 Å². The number of ether oxygens (including phenoxy) is 1. The molecule has 1 aliphatic rings. The quantitative estimate of drug-likeness (QED) is 0.514. The zero-order chi connectivity index (χ0) is 9.52. The Labute approximate surface area is 80.8 Å². The molecular formula is C11H19NO. The maximum atomic E-state index is 5.67. The molecule has 0 aromatic heterocycles. The minimum Gasteiger partial charge on any atom is -0.380 e. The Balaban J connectivity index is 2.10. The first-order valence-electron chi connectivity index (χ1n) is 5.09. The van der Waals surface area contributed by atoms with Crippen LogP contribution in [0.15, 0.2) is 0 Å². The van der Waals surface area contributed by atoms with Crippen molar-refractivity contribution in [3.8, 4) is 12.3 Å². The second kappa shape index (κ2) is 6.01. The van der Waals surface area contributed by atoms with Gasteiger partial charge in [-0.15, -0.1) is 12.3 Å². The molecule has 0 aliphatic heterocycles. The van der Waals surface area contributed by atoms with E-state index in [1.54, 1.807) is 0 Å². The predicted octanol–water partition coefficient (Wildman–Crippen LogP) is 1.40. The first-order chi connectivity index (χ1) is 6.38. The van der Waals surface area contributed by atoms with Crippen LogP contribution in [-0.4, -0.2) is 19.8 Å². The Morgan fingerprint density at radius 2 is 2.15 bits per heavy atom. The number of hydrogen-bond acceptors (Lipinski definition) is 2. The molecule has 2 nitrogen and oxygen atoms in total. The monoisotopic (exact) mass is 181 g/mol. The molecule has 2 N–H and O–H groups in total. The van der Waals surface area contributed by atoms with E-state index >= 15 is 0 Å². The number of terminal acetylenes is 1. The molecule has 0 bridgehead atoms. The fourth-order valence-electron chi connectivity index (χ4n) is 2.01. The summed E-state index contributed by atoms with van der Waals surface area (Å²) in [6, 6.07) is 0. The van der Waals surface area contributed by atoms with E-state index in [-0.39, 0.29) is 0 Å². The summed E-state index contributed by atoms with van der Waals surface area (Å²) in [5, 5.41) is 0. The average molecular weight is 181 g/mol. The third kappa shape index (κ3) is 3.38. The van der Waals surface area contributed by atoms with E-state index in [9.17, 15) is 0 Å². The minimum atomic E-state index is 0.683. The average Bonchev–Trinajstić information content (AvgIpc) is 2.60. The SMILES string of the molecule is C#CCCOCC1CCCC1CN. The van der Waals surface area contributed by atoms with E-state index in [1.807, 2.05) is 0 Å². The molecule has 2 atom stereocenters. The highest BCUT2D eigenvalue weighted by atomic mass is 16.5. The van der Waals surface area contributed by atoms with Crippen LogP contribution in [0.5, 0.6) is 0 Å². The molecule has 0 aromatic rings. The Bertz CT molecular complexity index is 173. The van der Waals surface area contributed by atoms with Gasteiger partial charge in [0.2, 0.25) is 0 Å². The van der Waals surface area contributed by atoms with E-state index in [4.69, 9.17) is 16.9 Å². The van der Waals surface area contributed by atoms with Crippen molar-refractivity contribution in [3.05, 3.63) is 0 Å². The smallest absolute Gasteiger partial charge is 0.0575 e. The van der Waals surface area contributed by atoms with Crippen LogP contribution in [0.3, 0.4) is 0 Å². The van der Waals surface area contributed by atoms with Gasteiger partial charge in [0, 0.05) is 13.0 Å². The van der Waals surface area contributed by atoms with Crippen molar-refractivity contribution < 1.29 is 4.74 Å². The van der Waals surface area contributed by atoms with Gasteiger partial charge in [0.1, 0.15) is 0 Å². The predicted molar refractivity (Wildman–Crippen MR) is 54.2 cm³/mol. The van der Waals surface area contributed by atoms with Gasteiger partial charge in [-0.3, -0.25) is 0 Å². The van der Waals surface area contributed by atoms with Crippen molar-refractivity contribution in [1.29, 1.82) is 0 Å². The molecule has 0 heterocycles. The van der Waals surface area contributed by atoms with Crippen LogP contribution in [-0.2, 0) is 4.74 Å². The number of hydrogen-bond donors (Lipinski definition) is 1. The lowest BCUT2D eigenvalue weighted by Crippen LogP contribution is -2.22. The van der Waals surface area contributed by atoms with Crippen LogP contribution in [0.4, 0.5) is 0 Å². The third-order valence-corrected chi connectivity index (χ3v) is 2.84. The van der Waals surface area contributed by atoms with Crippen molar-refractivity contribution in [3.63, 3.8) is 0 Å². The van der Waals surface area contributed by atoms with Crippen LogP contribution < -0.4 is 5.73 Å². The summed E-state index contributed by atoms with van der Waals surface area (Å²) in [5.41, 5.74) is 5.67. The Kier molecular flexibility index (Phi) is 4.88. The van der Waals surface area contributed by atoms with Gasteiger partial charge in [-0.25, -0.2) is 0 Å². The minimum absolute atomic E-state index is 0.683. The lowest BCUT2D eigenvalue weighted by molar-refractivity contribution is 0.0912. The van der Waals surface area contributed by atoms with Crippen LogP contribution in [0, 0.1) is 24.2 Å². The van der Waals surface area contributed by atoms with Crippen molar-refractivity contribution in [2.24, 2.45) is 17.6 Å². The van der Waals surface area contributed by atoms with Crippen LogP contribution >= 0.6 is 0 Å². The summed E-state index contributed by atoms with van der Waals surface area (Å²) >= 11 is 0. The molecule has 1 rings (SSSR count). The molecule has 0 radical (unpaired) electrons. The highest BCUT2D eigenvalue weighted by Gasteiger charge is 2.25. The fraction of sp³-hybridized carbons (Fsp3) is 0.818. The summed E-state index contributed by atoms with van der Waals surface area (Å²) in [5.74, 6) is 3.94.